The van der Waals surface area contributed by atoms with Gasteiger partial charge in [0.1, 0.15) is 0 Å². The van der Waals surface area contributed by atoms with Crippen molar-refractivity contribution >= 4 is 9.84 Å². The molecule has 0 saturated heterocycles. The summed E-state index contributed by atoms with van der Waals surface area (Å²) < 4.78 is 49.2. The van der Waals surface area contributed by atoms with E-state index in [0.717, 1.165) is 0 Å². The second-order valence-corrected chi connectivity index (χ2v) is 7.28. The van der Waals surface area contributed by atoms with E-state index in [1.807, 2.05) is 20.8 Å². The van der Waals surface area contributed by atoms with Crippen molar-refractivity contribution in [1.29, 1.82) is 0 Å². The van der Waals surface area contributed by atoms with Gasteiger partial charge in [-0.3, -0.25) is 0 Å². The van der Waals surface area contributed by atoms with Gasteiger partial charge in [-0.05, 0) is 23.1 Å². The molecule has 0 aliphatic heterocycles. The smallest absolute Gasteiger partial charge is 0.217 e. The molecule has 0 heterocycles. The summed E-state index contributed by atoms with van der Waals surface area (Å²) in [5.74, 6) is 0. The highest BCUT2D eigenvalue weighted by Crippen LogP contribution is 2.31. The summed E-state index contributed by atoms with van der Waals surface area (Å²) in [6, 6.07) is 5.72. The Hall–Kier alpha value is -0.970. The molecule has 0 unspecified atom stereocenters. The molecule has 0 saturated carbocycles. The Morgan fingerprint density at radius 3 is 2.00 bits per heavy atom. The van der Waals surface area contributed by atoms with Crippen molar-refractivity contribution in [2.24, 2.45) is 0 Å². The summed E-state index contributed by atoms with van der Waals surface area (Å²) in [6.07, 6.45) is 0. The molecule has 0 spiro atoms. The molecule has 0 radical (unpaired) electrons. The van der Waals surface area contributed by atoms with Crippen LogP contribution in [0.2, 0.25) is 0 Å². The van der Waals surface area contributed by atoms with Gasteiger partial charge in [-0.1, -0.05) is 32.9 Å². The third-order valence-electron chi connectivity index (χ3n) is 2.48. The van der Waals surface area contributed by atoms with E-state index in [-0.39, 0.29) is 10.3 Å². The van der Waals surface area contributed by atoms with Gasteiger partial charge >= 0.3 is 5.25 Å². The average molecular weight is 262 g/mol. The molecule has 0 aliphatic carbocycles. The number of sulfone groups is 1. The van der Waals surface area contributed by atoms with Crippen molar-refractivity contribution in [3.63, 3.8) is 0 Å². The summed E-state index contributed by atoms with van der Waals surface area (Å²) >= 11 is 0. The molecule has 17 heavy (non-hydrogen) atoms. The van der Waals surface area contributed by atoms with Gasteiger partial charge in [0.05, 0.1) is 4.90 Å². The van der Waals surface area contributed by atoms with E-state index >= 15 is 0 Å². The molecule has 0 amide bonds. The van der Waals surface area contributed by atoms with Gasteiger partial charge in [0, 0.05) is 6.92 Å². The highest BCUT2D eigenvalue weighted by Gasteiger charge is 2.40. The number of halogens is 2. The Kier molecular flexibility index (Phi) is 3.36. The first-order valence-electron chi connectivity index (χ1n) is 5.19. The molecule has 1 rings (SSSR count). The van der Waals surface area contributed by atoms with Crippen LogP contribution < -0.4 is 0 Å². The maximum Gasteiger partial charge on any atom is 0.347 e. The van der Waals surface area contributed by atoms with Gasteiger partial charge in [0.2, 0.25) is 9.84 Å². The molecule has 0 N–H and O–H groups in total. The molecule has 0 aromatic heterocycles. The van der Waals surface area contributed by atoms with Crippen molar-refractivity contribution in [3.05, 3.63) is 29.8 Å². The van der Waals surface area contributed by atoms with Gasteiger partial charge < -0.3 is 0 Å². The summed E-state index contributed by atoms with van der Waals surface area (Å²) in [7, 11) is -4.59. The molecule has 0 fully saturated rings. The van der Waals surface area contributed by atoms with Crippen molar-refractivity contribution in [2.75, 3.05) is 0 Å². The van der Waals surface area contributed by atoms with Crippen molar-refractivity contribution in [3.8, 4) is 0 Å². The van der Waals surface area contributed by atoms with E-state index in [4.69, 9.17) is 0 Å². The fraction of sp³-hybridized carbons (Fsp3) is 0.500. The van der Waals surface area contributed by atoms with E-state index in [2.05, 4.69) is 0 Å². The molecule has 2 nitrogen and oxygen atoms in total. The minimum absolute atomic E-state index is 0.283. The molecule has 0 bridgehead atoms. The van der Waals surface area contributed by atoms with E-state index in [1.54, 1.807) is 6.07 Å². The van der Waals surface area contributed by atoms with Crippen LogP contribution in [0.5, 0.6) is 0 Å². The third kappa shape index (κ3) is 2.83. The van der Waals surface area contributed by atoms with Gasteiger partial charge in [-0.25, -0.2) is 8.42 Å². The lowest BCUT2D eigenvalue weighted by atomic mass is 9.87. The van der Waals surface area contributed by atoms with Gasteiger partial charge in [-0.15, -0.1) is 0 Å². The minimum Gasteiger partial charge on any atom is -0.217 e. The molecule has 1 aromatic carbocycles. The van der Waals surface area contributed by atoms with E-state index < -0.39 is 15.1 Å². The van der Waals surface area contributed by atoms with Crippen LogP contribution in [-0.2, 0) is 15.3 Å². The maximum absolute atomic E-state index is 13.0. The predicted octanol–water partition coefficient (Wildman–Crippen LogP) is 3.37. The maximum atomic E-state index is 13.0. The number of hydrogen-bond donors (Lipinski definition) is 0. The largest absolute Gasteiger partial charge is 0.347 e. The molecule has 96 valence electrons. The SMILES string of the molecule is CC(C)(C)c1cccc(S(=O)(=O)C(C)(F)F)c1. The zero-order valence-electron chi connectivity index (χ0n) is 10.3. The highest BCUT2D eigenvalue weighted by atomic mass is 32.2. The molecular weight excluding hydrogens is 246 g/mol. The summed E-state index contributed by atoms with van der Waals surface area (Å²) in [5.41, 5.74) is 0.428. The zero-order valence-corrected chi connectivity index (χ0v) is 11.1. The van der Waals surface area contributed by atoms with Gasteiger partial charge in [0.15, 0.2) is 0 Å². The Morgan fingerprint density at radius 1 is 1.06 bits per heavy atom. The molecular formula is C12H16F2O2S. The Morgan fingerprint density at radius 2 is 1.59 bits per heavy atom. The van der Waals surface area contributed by atoms with Crippen LogP contribution in [0, 0.1) is 0 Å². The number of hydrogen-bond acceptors (Lipinski definition) is 2. The topological polar surface area (TPSA) is 34.1 Å². The van der Waals surface area contributed by atoms with Crippen LogP contribution in [-0.4, -0.2) is 13.7 Å². The van der Waals surface area contributed by atoms with Gasteiger partial charge in [-0.2, -0.15) is 8.78 Å². The lowest BCUT2D eigenvalue weighted by Crippen LogP contribution is -2.25. The molecule has 0 aliphatic rings. The first kappa shape index (κ1) is 14.1. The lowest BCUT2D eigenvalue weighted by molar-refractivity contribution is 0.114. The summed E-state index contributed by atoms with van der Waals surface area (Å²) in [5, 5.41) is -3.76. The number of benzene rings is 1. The molecule has 5 heteroatoms. The first-order chi connectivity index (χ1) is 7.46. The van der Waals surface area contributed by atoms with Crippen molar-refractivity contribution in [2.45, 2.75) is 43.3 Å². The van der Waals surface area contributed by atoms with Gasteiger partial charge in [0.25, 0.3) is 0 Å². The molecule has 0 atom stereocenters. The van der Waals surface area contributed by atoms with Crippen LogP contribution in [0.3, 0.4) is 0 Å². The van der Waals surface area contributed by atoms with Crippen LogP contribution >= 0.6 is 0 Å². The van der Waals surface area contributed by atoms with Crippen molar-refractivity contribution in [1.82, 2.24) is 0 Å². The fourth-order valence-corrected chi connectivity index (χ4v) is 2.29. The average Bonchev–Trinajstić information content (AvgIpc) is 2.15. The third-order valence-corrected chi connectivity index (χ3v) is 4.30. The van der Waals surface area contributed by atoms with Crippen LogP contribution in [0.25, 0.3) is 0 Å². The Balaban J connectivity index is 3.37. The Labute approximate surface area is 101 Å². The van der Waals surface area contributed by atoms with E-state index in [9.17, 15) is 17.2 Å². The van der Waals surface area contributed by atoms with E-state index in [0.29, 0.717) is 12.5 Å². The predicted molar refractivity (Wildman–Crippen MR) is 62.9 cm³/mol. The second-order valence-electron chi connectivity index (χ2n) is 5.09. The Bertz CT molecular complexity index is 508. The number of alkyl halides is 2. The normalized spacial score (nSPS) is 13.8. The van der Waals surface area contributed by atoms with Crippen LogP contribution in [0.1, 0.15) is 33.3 Å². The molecule has 1 aromatic rings. The highest BCUT2D eigenvalue weighted by molar-refractivity contribution is 7.92. The number of rotatable bonds is 2. The second kappa shape index (κ2) is 4.05. The quantitative estimate of drug-likeness (QED) is 0.819. The van der Waals surface area contributed by atoms with E-state index in [1.165, 1.54) is 18.2 Å². The summed E-state index contributed by atoms with van der Waals surface area (Å²) in [4.78, 5) is -0.336. The van der Waals surface area contributed by atoms with Crippen LogP contribution in [0.4, 0.5) is 8.78 Å². The zero-order chi connectivity index (χ0) is 13.5. The standard InChI is InChI=1S/C12H16F2O2S/c1-11(2,3)9-6-5-7-10(8-9)17(15,16)12(4,13)14/h5-8H,1-4H3. The van der Waals surface area contributed by atoms with Crippen molar-refractivity contribution < 1.29 is 17.2 Å². The van der Waals surface area contributed by atoms with Crippen LogP contribution in [0.15, 0.2) is 29.2 Å². The fourth-order valence-electron chi connectivity index (χ4n) is 1.34. The minimum atomic E-state index is -4.59. The summed E-state index contributed by atoms with van der Waals surface area (Å²) in [6.45, 7) is 6.07. The first-order valence-corrected chi connectivity index (χ1v) is 6.67. The monoisotopic (exact) mass is 262 g/mol. The lowest BCUT2D eigenvalue weighted by Gasteiger charge is -2.20.